The van der Waals surface area contributed by atoms with Gasteiger partial charge in [0.25, 0.3) is 0 Å². The second-order valence-electron chi connectivity index (χ2n) is 7.55. The molecule has 4 rings (SSSR count). The van der Waals surface area contributed by atoms with Crippen LogP contribution in [0.2, 0.25) is 0 Å². The smallest absolute Gasteiger partial charge is 0.330 e. The molecule has 2 heteroatoms. The minimum absolute atomic E-state index is 0.252. The van der Waals surface area contributed by atoms with E-state index in [4.69, 9.17) is 4.74 Å². The summed E-state index contributed by atoms with van der Waals surface area (Å²) in [5.74, 6) is 3.88. The average Bonchev–Trinajstić information content (AvgIpc) is 2.34. The number of hydrogen-bond donors (Lipinski definition) is 0. The van der Waals surface area contributed by atoms with Gasteiger partial charge in [-0.2, -0.15) is 0 Å². The van der Waals surface area contributed by atoms with Crippen LogP contribution in [0.1, 0.15) is 46.0 Å². The molecule has 19 heavy (non-hydrogen) atoms. The van der Waals surface area contributed by atoms with Gasteiger partial charge < -0.3 is 4.74 Å². The first kappa shape index (κ1) is 13.2. The van der Waals surface area contributed by atoms with Crippen LogP contribution in [0.4, 0.5) is 0 Å². The van der Waals surface area contributed by atoms with Gasteiger partial charge in [-0.1, -0.05) is 20.4 Å². The lowest BCUT2D eigenvalue weighted by atomic mass is 9.43. The number of carbonyl (C=O) groups is 1. The highest BCUT2D eigenvalue weighted by molar-refractivity contribution is 5.81. The van der Waals surface area contributed by atoms with E-state index in [1.165, 1.54) is 38.2 Å². The van der Waals surface area contributed by atoms with E-state index in [0.717, 1.165) is 23.7 Å². The van der Waals surface area contributed by atoms with E-state index in [-0.39, 0.29) is 11.4 Å². The van der Waals surface area contributed by atoms with Crippen LogP contribution in [-0.4, -0.2) is 12.6 Å². The van der Waals surface area contributed by atoms with E-state index >= 15 is 0 Å². The molecule has 106 valence electrons. The highest BCUT2D eigenvalue weighted by Gasteiger charge is 2.57. The lowest BCUT2D eigenvalue weighted by Gasteiger charge is -2.62. The van der Waals surface area contributed by atoms with Crippen molar-refractivity contribution in [2.75, 3.05) is 6.61 Å². The molecule has 0 amide bonds. The van der Waals surface area contributed by atoms with Crippen molar-refractivity contribution >= 4 is 5.97 Å². The third-order valence-electron chi connectivity index (χ3n) is 5.93. The molecule has 4 fully saturated rings. The zero-order chi connectivity index (χ0) is 13.6. The molecule has 0 aromatic carbocycles. The highest BCUT2D eigenvalue weighted by Crippen LogP contribution is 2.64. The summed E-state index contributed by atoms with van der Waals surface area (Å²) >= 11 is 0. The molecule has 0 aromatic rings. The van der Waals surface area contributed by atoms with Crippen LogP contribution in [-0.2, 0) is 9.53 Å². The zero-order valence-electron chi connectivity index (χ0n) is 12.2. The van der Waals surface area contributed by atoms with E-state index < -0.39 is 0 Å². The molecule has 0 N–H and O–H groups in total. The molecule has 2 nitrogen and oxygen atoms in total. The minimum atomic E-state index is -0.252. The molecule has 0 heterocycles. The van der Waals surface area contributed by atoms with Gasteiger partial charge in [0.2, 0.25) is 0 Å². The summed E-state index contributed by atoms with van der Waals surface area (Å²) in [6.45, 7) is 8.84. The van der Waals surface area contributed by atoms with Gasteiger partial charge in [0.1, 0.15) is 0 Å². The predicted octanol–water partition coefficient (Wildman–Crippen LogP) is 3.81. The first-order valence-corrected chi connectivity index (χ1v) is 7.83. The van der Waals surface area contributed by atoms with Crippen LogP contribution in [0.15, 0.2) is 12.7 Å². The maximum atomic E-state index is 11.4. The first-order valence-electron chi connectivity index (χ1n) is 7.83. The fourth-order valence-corrected chi connectivity index (χ4v) is 5.99. The van der Waals surface area contributed by atoms with Crippen molar-refractivity contribution in [2.24, 2.45) is 35.0 Å². The zero-order valence-corrected chi connectivity index (χ0v) is 12.2. The molecular formula is C17H26O2. The van der Waals surface area contributed by atoms with E-state index in [2.05, 4.69) is 20.4 Å². The second kappa shape index (κ2) is 4.64. The Kier molecular flexibility index (Phi) is 3.23. The summed E-state index contributed by atoms with van der Waals surface area (Å²) in [4.78, 5) is 11.4. The van der Waals surface area contributed by atoms with Crippen molar-refractivity contribution in [3.63, 3.8) is 0 Å². The number of esters is 1. The van der Waals surface area contributed by atoms with Gasteiger partial charge in [-0.25, -0.2) is 4.79 Å². The number of hydrogen-bond acceptors (Lipinski definition) is 2. The summed E-state index contributed by atoms with van der Waals surface area (Å²) in [6.07, 6.45) is 8.15. The number of ether oxygens (including phenoxy) is 1. The quantitative estimate of drug-likeness (QED) is 0.569. The van der Waals surface area contributed by atoms with Crippen LogP contribution in [0, 0.1) is 35.0 Å². The van der Waals surface area contributed by atoms with Crippen molar-refractivity contribution in [3.05, 3.63) is 12.7 Å². The Morgan fingerprint density at radius 2 is 1.95 bits per heavy atom. The molecule has 4 saturated carbocycles. The molecule has 0 radical (unpaired) electrons. The second-order valence-corrected chi connectivity index (χ2v) is 7.55. The Morgan fingerprint density at radius 1 is 1.32 bits per heavy atom. The number of carbonyl (C=O) groups excluding carboxylic acids is 1. The first-order chi connectivity index (χ1) is 9.04. The molecule has 3 unspecified atom stereocenters. The van der Waals surface area contributed by atoms with Crippen LogP contribution in [0.25, 0.3) is 0 Å². The Morgan fingerprint density at radius 3 is 2.47 bits per heavy atom. The molecule has 4 bridgehead atoms. The third-order valence-corrected chi connectivity index (χ3v) is 5.93. The molecule has 0 saturated heterocycles. The predicted molar refractivity (Wildman–Crippen MR) is 75.5 cm³/mol. The summed E-state index contributed by atoms with van der Waals surface area (Å²) in [5, 5.41) is 0. The molecule has 0 aliphatic heterocycles. The van der Waals surface area contributed by atoms with Gasteiger partial charge in [-0.15, -0.1) is 0 Å². The lowest BCUT2D eigenvalue weighted by molar-refractivity contribution is -0.169. The maximum Gasteiger partial charge on any atom is 0.330 e. The molecule has 4 aliphatic carbocycles. The van der Waals surface area contributed by atoms with E-state index in [1.54, 1.807) is 0 Å². The average molecular weight is 262 g/mol. The third kappa shape index (κ3) is 2.13. The normalized spacial score (nSPS) is 43.5. The lowest BCUT2D eigenvalue weighted by Crippen LogP contribution is -2.56. The standard InChI is InChI=1S/C17H26O2/c1-4-15(18)19-10-17-8-12-5-13(9-17)7-14(6-12)16(17)11(2)3/h4,11-14,16H,1,5-10H2,2-3H3. The van der Waals surface area contributed by atoms with Crippen LogP contribution >= 0.6 is 0 Å². The summed E-state index contributed by atoms with van der Waals surface area (Å²) in [5.41, 5.74) is 0.279. The summed E-state index contributed by atoms with van der Waals surface area (Å²) in [6, 6.07) is 0. The Bertz CT molecular complexity index is 371. The Balaban J connectivity index is 1.82. The number of rotatable bonds is 4. The molecule has 0 aromatic heterocycles. The topological polar surface area (TPSA) is 26.3 Å². The van der Waals surface area contributed by atoms with Crippen LogP contribution < -0.4 is 0 Å². The van der Waals surface area contributed by atoms with Crippen LogP contribution in [0.3, 0.4) is 0 Å². The van der Waals surface area contributed by atoms with Crippen molar-refractivity contribution in [3.8, 4) is 0 Å². The van der Waals surface area contributed by atoms with Gasteiger partial charge in [0.05, 0.1) is 6.61 Å². The summed E-state index contributed by atoms with van der Waals surface area (Å²) < 4.78 is 5.50. The Labute approximate surface area is 116 Å². The largest absolute Gasteiger partial charge is 0.462 e. The van der Waals surface area contributed by atoms with E-state index in [0.29, 0.717) is 12.5 Å². The van der Waals surface area contributed by atoms with Crippen molar-refractivity contribution < 1.29 is 9.53 Å². The minimum Gasteiger partial charge on any atom is -0.462 e. The highest BCUT2D eigenvalue weighted by atomic mass is 16.5. The van der Waals surface area contributed by atoms with Gasteiger partial charge in [0, 0.05) is 11.5 Å². The fourth-order valence-electron chi connectivity index (χ4n) is 5.99. The van der Waals surface area contributed by atoms with Crippen molar-refractivity contribution in [1.29, 1.82) is 0 Å². The summed E-state index contributed by atoms with van der Waals surface area (Å²) in [7, 11) is 0. The van der Waals surface area contributed by atoms with Gasteiger partial charge in [-0.05, 0) is 61.7 Å². The molecule has 0 spiro atoms. The molecule has 3 atom stereocenters. The van der Waals surface area contributed by atoms with Crippen molar-refractivity contribution in [2.45, 2.75) is 46.0 Å². The monoisotopic (exact) mass is 262 g/mol. The van der Waals surface area contributed by atoms with Gasteiger partial charge in [-0.3, -0.25) is 0 Å². The van der Waals surface area contributed by atoms with Crippen LogP contribution in [0.5, 0.6) is 0 Å². The van der Waals surface area contributed by atoms with E-state index in [1.807, 2.05) is 0 Å². The fraction of sp³-hybridized carbons (Fsp3) is 0.824. The molecule has 4 aliphatic rings. The van der Waals surface area contributed by atoms with E-state index in [9.17, 15) is 4.79 Å². The SMILES string of the molecule is C=CC(=O)OCC12CC3CC(CC(C3)C1C(C)C)C2. The van der Waals surface area contributed by atoms with Crippen molar-refractivity contribution in [1.82, 2.24) is 0 Å². The molecular weight excluding hydrogens is 236 g/mol. The maximum absolute atomic E-state index is 11.4. The Hall–Kier alpha value is -0.790. The van der Waals surface area contributed by atoms with Gasteiger partial charge in [0.15, 0.2) is 0 Å². The van der Waals surface area contributed by atoms with Gasteiger partial charge >= 0.3 is 5.97 Å².